The fraction of sp³-hybridized carbons (Fsp3) is 0.0909. The maximum atomic E-state index is 11.9. The first-order chi connectivity index (χ1) is 9.04. The van der Waals surface area contributed by atoms with Crippen LogP contribution in [0.2, 0.25) is 0 Å². The maximum Gasteiger partial charge on any atom is 0.279 e. The second-order valence-corrected chi connectivity index (χ2v) is 3.88. The van der Waals surface area contributed by atoms with E-state index in [4.69, 9.17) is 10.9 Å². The van der Waals surface area contributed by atoms with Crippen LogP contribution in [-0.2, 0) is 4.79 Å². The third-order valence-corrected chi connectivity index (χ3v) is 2.11. The number of carbonyl (C=O) groups is 1. The molecule has 0 aliphatic rings. The molecule has 0 fully saturated rings. The highest BCUT2D eigenvalue weighted by Gasteiger charge is 2.16. The summed E-state index contributed by atoms with van der Waals surface area (Å²) >= 11 is 4.56. The van der Waals surface area contributed by atoms with Crippen LogP contribution in [-0.4, -0.2) is 27.7 Å². The Balaban J connectivity index is 2.78. The number of thiocarbonyl (C=S) groups is 1. The van der Waals surface area contributed by atoms with Crippen molar-refractivity contribution in [2.75, 3.05) is 5.32 Å². The number of hydrogen-bond donors (Lipinski definition) is 4. The van der Waals surface area contributed by atoms with Crippen LogP contribution in [0, 0.1) is 0 Å². The van der Waals surface area contributed by atoms with E-state index in [0.29, 0.717) is 5.69 Å². The Bertz CT molecular complexity index is 527. The van der Waals surface area contributed by atoms with Gasteiger partial charge in [-0.1, -0.05) is 23.4 Å². The average molecular weight is 279 g/mol. The highest BCUT2D eigenvalue weighted by molar-refractivity contribution is 7.80. The van der Waals surface area contributed by atoms with Gasteiger partial charge >= 0.3 is 0 Å². The summed E-state index contributed by atoms with van der Waals surface area (Å²) in [6.45, 7) is 1.48. The summed E-state index contributed by atoms with van der Waals surface area (Å²) in [4.78, 5) is 11.9. The molecule has 5 N–H and O–H groups in total. The van der Waals surface area contributed by atoms with Crippen molar-refractivity contribution < 1.29 is 10.0 Å². The van der Waals surface area contributed by atoms with Crippen molar-refractivity contribution in [1.82, 2.24) is 5.43 Å². The molecule has 0 radical (unpaired) electrons. The minimum Gasteiger partial charge on any atom is -0.410 e. The highest BCUT2D eigenvalue weighted by atomic mass is 32.1. The Hall–Kier alpha value is -2.48. The van der Waals surface area contributed by atoms with Gasteiger partial charge in [-0.2, -0.15) is 5.10 Å². The summed E-state index contributed by atoms with van der Waals surface area (Å²) in [5.41, 5.74) is 7.97. The smallest absolute Gasteiger partial charge is 0.279 e. The van der Waals surface area contributed by atoms with Crippen LogP contribution < -0.4 is 16.5 Å². The van der Waals surface area contributed by atoms with Crippen LogP contribution in [0.25, 0.3) is 0 Å². The van der Waals surface area contributed by atoms with Gasteiger partial charge in [-0.25, -0.2) is 0 Å². The van der Waals surface area contributed by atoms with Crippen molar-refractivity contribution in [2.24, 2.45) is 16.0 Å². The van der Waals surface area contributed by atoms with E-state index in [0.717, 1.165) is 0 Å². The summed E-state index contributed by atoms with van der Waals surface area (Å²) in [5.74, 6) is -0.598. The molecule has 100 valence electrons. The molecule has 1 rings (SSSR count). The van der Waals surface area contributed by atoms with Gasteiger partial charge in [-0.3, -0.25) is 10.2 Å². The van der Waals surface area contributed by atoms with E-state index >= 15 is 0 Å². The Morgan fingerprint density at radius 1 is 1.37 bits per heavy atom. The van der Waals surface area contributed by atoms with E-state index in [1.54, 1.807) is 24.3 Å². The number of nitrogens with zero attached hydrogens (tertiary/aromatic N) is 2. The van der Waals surface area contributed by atoms with E-state index in [2.05, 4.69) is 33.2 Å². The lowest BCUT2D eigenvalue weighted by atomic mass is 10.2. The first kappa shape index (κ1) is 14.6. The molecule has 0 unspecified atom stereocenters. The van der Waals surface area contributed by atoms with Crippen molar-refractivity contribution in [1.29, 1.82) is 0 Å². The minimum atomic E-state index is -0.598. The molecule has 0 aliphatic heterocycles. The summed E-state index contributed by atoms with van der Waals surface area (Å²) in [5, 5.41) is 18.0. The van der Waals surface area contributed by atoms with Crippen LogP contribution in [0.5, 0.6) is 0 Å². The van der Waals surface area contributed by atoms with E-state index < -0.39 is 5.91 Å². The zero-order valence-electron chi connectivity index (χ0n) is 10.1. The van der Waals surface area contributed by atoms with E-state index in [1.165, 1.54) is 6.92 Å². The first-order valence-electron chi connectivity index (χ1n) is 5.23. The van der Waals surface area contributed by atoms with Crippen LogP contribution in [0.4, 0.5) is 5.69 Å². The molecule has 0 spiro atoms. The van der Waals surface area contributed by atoms with Crippen LogP contribution in [0.3, 0.4) is 0 Å². The van der Waals surface area contributed by atoms with Gasteiger partial charge in [0.25, 0.3) is 5.91 Å². The van der Waals surface area contributed by atoms with Gasteiger partial charge < -0.3 is 16.3 Å². The fourth-order valence-electron chi connectivity index (χ4n) is 1.19. The summed E-state index contributed by atoms with van der Waals surface area (Å²) in [7, 11) is 0. The molecule has 1 amide bonds. The van der Waals surface area contributed by atoms with E-state index in [1.807, 2.05) is 6.07 Å². The largest absolute Gasteiger partial charge is 0.410 e. The summed E-state index contributed by atoms with van der Waals surface area (Å²) in [6, 6.07) is 8.75. The van der Waals surface area contributed by atoms with Gasteiger partial charge in [0.2, 0.25) is 0 Å². The fourth-order valence-corrected chi connectivity index (χ4v) is 1.23. The number of amides is 1. The van der Waals surface area contributed by atoms with E-state index in [-0.39, 0.29) is 16.5 Å². The molecule has 0 saturated carbocycles. The van der Waals surface area contributed by atoms with E-state index in [9.17, 15) is 4.79 Å². The van der Waals surface area contributed by atoms with Gasteiger partial charge in [0, 0.05) is 5.69 Å². The maximum absolute atomic E-state index is 11.9. The Kier molecular flexibility index (Phi) is 5.42. The Labute approximate surface area is 115 Å². The number of oxime groups is 1. The third-order valence-electron chi connectivity index (χ3n) is 2.02. The van der Waals surface area contributed by atoms with Crippen LogP contribution in [0.15, 0.2) is 40.6 Å². The molecule has 0 atom stereocenters. The number of anilines is 1. The van der Waals surface area contributed by atoms with Crippen LogP contribution >= 0.6 is 12.2 Å². The molecule has 8 heteroatoms. The number of nitrogens with one attached hydrogen (secondary N) is 2. The lowest BCUT2D eigenvalue weighted by Gasteiger charge is -2.06. The molecule has 0 aliphatic carbocycles. The molecule has 7 nitrogen and oxygen atoms in total. The minimum absolute atomic E-state index is 0.0555. The summed E-state index contributed by atoms with van der Waals surface area (Å²) in [6.07, 6.45) is 0. The number of rotatable bonds is 4. The molecule has 0 saturated heterocycles. The Morgan fingerprint density at radius 3 is 2.53 bits per heavy atom. The molecule has 0 bridgehead atoms. The third kappa shape index (κ3) is 4.72. The van der Waals surface area contributed by atoms with Crippen molar-refractivity contribution in [3.63, 3.8) is 0 Å². The number of nitrogens with two attached hydrogens (primary N) is 1. The molecular weight excluding hydrogens is 266 g/mol. The normalized spacial score (nSPS) is 11.8. The van der Waals surface area contributed by atoms with Crippen molar-refractivity contribution in [3.05, 3.63) is 30.3 Å². The van der Waals surface area contributed by atoms with Gasteiger partial charge in [0.15, 0.2) is 10.8 Å². The molecule has 0 aromatic heterocycles. The van der Waals surface area contributed by atoms with Crippen molar-refractivity contribution >= 4 is 40.3 Å². The first-order valence-corrected chi connectivity index (χ1v) is 5.64. The number of carbonyl (C=O) groups excluding carboxylic acids is 1. The number of hydrazone groups is 1. The molecular formula is C11H13N5O2S. The monoisotopic (exact) mass is 279 g/mol. The topological polar surface area (TPSA) is 112 Å². The zero-order valence-corrected chi connectivity index (χ0v) is 10.9. The van der Waals surface area contributed by atoms with Gasteiger partial charge in [-0.05, 0) is 31.3 Å². The second-order valence-electron chi connectivity index (χ2n) is 3.44. The van der Waals surface area contributed by atoms with Crippen LogP contribution in [0.1, 0.15) is 6.92 Å². The molecule has 1 aromatic carbocycles. The SMILES string of the molecule is CC(=N\NC(N)=S)/C(=N\O)C(=O)Nc1ccccc1. The van der Waals surface area contributed by atoms with Gasteiger partial charge in [-0.15, -0.1) is 0 Å². The molecule has 19 heavy (non-hydrogen) atoms. The Morgan fingerprint density at radius 2 is 2.00 bits per heavy atom. The summed E-state index contributed by atoms with van der Waals surface area (Å²) < 4.78 is 0. The van der Waals surface area contributed by atoms with Gasteiger partial charge in [0.1, 0.15) is 0 Å². The molecule has 1 aromatic rings. The number of hydrogen-bond acceptors (Lipinski definition) is 5. The van der Waals surface area contributed by atoms with Crippen molar-refractivity contribution in [3.8, 4) is 0 Å². The van der Waals surface area contributed by atoms with Crippen molar-refractivity contribution in [2.45, 2.75) is 6.92 Å². The highest BCUT2D eigenvalue weighted by Crippen LogP contribution is 2.05. The number of benzene rings is 1. The lowest BCUT2D eigenvalue weighted by molar-refractivity contribution is -0.110. The standard InChI is InChI=1S/C11H13N5O2S/c1-7(14-15-11(12)19)9(16-18)10(17)13-8-5-3-2-4-6-8/h2-6,18H,1H3,(H,13,17)(H3,12,15,19)/b14-7+,16-9+. The average Bonchev–Trinajstić information content (AvgIpc) is 2.38. The number of para-hydroxylation sites is 1. The molecule has 0 heterocycles. The lowest BCUT2D eigenvalue weighted by Crippen LogP contribution is -2.32. The zero-order chi connectivity index (χ0) is 14.3. The predicted molar refractivity (Wildman–Crippen MR) is 77.3 cm³/mol. The van der Waals surface area contributed by atoms with Gasteiger partial charge in [0.05, 0.1) is 5.71 Å². The predicted octanol–water partition coefficient (Wildman–Crippen LogP) is 0.664. The second kappa shape index (κ2) is 7.07. The quantitative estimate of drug-likeness (QED) is 0.280.